The lowest BCUT2D eigenvalue weighted by atomic mass is 10.1. The van der Waals surface area contributed by atoms with Gasteiger partial charge in [-0.15, -0.1) is 0 Å². The van der Waals surface area contributed by atoms with E-state index in [0.29, 0.717) is 19.6 Å². The highest BCUT2D eigenvalue weighted by atomic mass is 32.2. The first-order valence-corrected chi connectivity index (χ1v) is 12.4. The summed E-state index contributed by atoms with van der Waals surface area (Å²) in [5.41, 5.74) is 1.23. The summed E-state index contributed by atoms with van der Waals surface area (Å²) in [4.78, 5) is 14.3. The van der Waals surface area contributed by atoms with Gasteiger partial charge >= 0.3 is 0 Å². The van der Waals surface area contributed by atoms with Crippen LogP contribution in [0.25, 0.3) is 0 Å². The van der Waals surface area contributed by atoms with E-state index < -0.39 is 21.7 Å². The Morgan fingerprint density at radius 3 is 2.56 bits per heavy atom. The van der Waals surface area contributed by atoms with Crippen molar-refractivity contribution in [1.29, 1.82) is 0 Å². The van der Waals surface area contributed by atoms with E-state index in [9.17, 15) is 17.6 Å². The quantitative estimate of drug-likeness (QED) is 0.501. The fourth-order valence-corrected chi connectivity index (χ4v) is 4.50. The van der Waals surface area contributed by atoms with E-state index in [1.807, 2.05) is 12.1 Å². The number of halogens is 1. The molecule has 2 aromatic carbocycles. The van der Waals surface area contributed by atoms with Gasteiger partial charge in [0.25, 0.3) is 0 Å². The van der Waals surface area contributed by atoms with Crippen molar-refractivity contribution >= 4 is 15.9 Å². The highest BCUT2D eigenvalue weighted by Gasteiger charge is 2.15. The topological polar surface area (TPSA) is 87.7 Å². The second-order valence-electron chi connectivity index (χ2n) is 7.81. The molecule has 7 nitrogen and oxygen atoms in total. The Kier molecular flexibility index (Phi) is 9.01. The Morgan fingerprint density at radius 2 is 1.81 bits per heavy atom. The summed E-state index contributed by atoms with van der Waals surface area (Å²) in [5, 5.41) is 2.66. The number of hydrogen-bond acceptors (Lipinski definition) is 5. The summed E-state index contributed by atoms with van der Waals surface area (Å²) in [6.07, 6.45) is 4.42. The first-order chi connectivity index (χ1) is 15.4. The van der Waals surface area contributed by atoms with Gasteiger partial charge in [-0.3, -0.25) is 9.69 Å². The number of sulfonamides is 1. The molecule has 2 aromatic rings. The Balaban J connectivity index is 1.32. The van der Waals surface area contributed by atoms with Crippen molar-refractivity contribution in [2.75, 3.05) is 32.8 Å². The third-order valence-electron chi connectivity index (χ3n) is 5.21. The molecule has 32 heavy (non-hydrogen) atoms. The van der Waals surface area contributed by atoms with Crippen molar-refractivity contribution in [2.45, 2.75) is 37.1 Å². The summed E-state index contributed by atoms with van der Waals surface area (Å²) in [7, 11) is -3.86. The zero-order valence-corrected chi connectivity index (χ0v) is 18.9. The molecule has 0 radical (unpaired) electrons. The number of likely N-dealkylation sites (tertiary alicyclic amines) is 1. The number of hydrogen-bond donors (Lipinski definition) is 2. The highest BCUT2D eigenvalue weighted by molar-refractivity contribution is 7.89. The molecule has 0 saturated carbocycles. The number of rotatable bonds is 11. The largest absolute Gasteiger partial charge is 0.494 e. The number of benzene rings is 2. The van der Waals surface area contributed by atoms with E-state index in [2.05, 4.69) is 27.1 Å². The second kappa shape index (κ2) is 11.9. The van der Waals surface area contributed by atoms with E-state index in [0.717, 1.165) is 49.6 Å². The van der Waals surface area contributed by atoms with E-state index in [4.69, 9.17) is 4.74 Å². The maximum absolute atomic E-state index is 12.9. The predicted molar refractivity (Wildman–Crippen MR) is 120 cm³/mol. The molecule has 1 heterocycles. The molecule has 0 bridgehead atoms. The fourth-order valence-electron chi connectivity index (χ4n) is 3.52. The number of ether oxygens (including phenoxy) is 1. The number of carbonyl (C=O) groups is 1. The first kappa shape index (κ1) is 24.2. The molecule has 0 unspecified atom stereocenters. The van der Waals surface area contributed by atoms with Gasteiger partial charge < -0.3 is 10.1 Å². The first-order valence-electron chi connectivity index (χ1n) is 10.9. The van der Waals surface area contributed by atoms with Gasteiger partial charge in [-0.2, -0.15) is 0 Å². The Morgan fingerprint density at radius 1 is 1.06 bits per heavy atom. The van der Waals surface area contributed by atoms with Crippen LogP contribution in [0.4, 0.5) is 4.39 Å². The van der Waals surface area contributed by atoms with Crippen molar-refractivity contribution in [3.63, 3.8) is 0 Å². The summed E-state index contributed by atoms with van der Waals surface area (Å²) in [6, 6.07) is 12.5. The second-order valence-corrected chi connectivity index (χ2v) is 9.58. The van der Waals surface area contributed by atoms with Crippen molar-refractivity contribution in [2.24, 2.45) is 0 Å². The predicted octanol–water partition coefficient (Wildman–Crippen LogP) is 2.68. The molecular weight excluding hydrogens is 433 g/mol. The minimum Gasteiger partial charge on any atom is -0.494 e. The molecular formula is C23H30FN3O4S. The summed E-state index contributed by atoms with van der Waals surface area (Å²) in [5.74, 6) is -0.172. The van der Waals surface area contributed by atoms with Crippen LogP contribution in [0.5, 0.6) is 5.75 Å². The van der Waals surface area contributed by atoms with E-state index in [1.54, 1.807) is 0 Å². The van der Waals surface area contributed by atoms with Crippen molar-refractivity contribution < 1.29 is 22.3 Å². The SMILES string of the molecule is O=C(CNS(=O)(=O)c1ccc(F)cc1)NCCCOc1cccc(CN2CCCCC2)c1. The molecule has 0 spiro atoms. The van der Waals surface area contributed by atoms with E-state index in [1.165, 1.54) is 24.8 Å². The third kappa shape index (κ3) is 7.89. The smallest absolute Gasteiger partial charge is 0.241 e. The normalized spacial score (nSPS) is 14.8. The maximum atomic E-state index is 12.9. The highest BCUT2D eigenvalue weighted by Crippen LogP contribution is 2.17. The van der Waals surface area contributed by atoms with Crippen LogP contribution in [-0.2, 0) is 21.4 Å². The lowest BCUT2D eigenvalue weighted by Crippen LogP contribution is -2.37. The van der Waals surface area contributed by atoms with Crippen LogP contribution in [0, 0.1) is 5.82 Å². The van der Waals surface area contributed by atoms with Gasteiger partial charge in [0.1, 0.15) is 11.6 Å². The fraction of sp³-hybridized carbons (Fsp3) is 0.435. The average molecular weight is 464 g/mol. The number of nitrogens with zero attached hydrogens (tertiary/aromatic N) is 1. The Hall–Kier alpha value is -2.49. The molecule has 1 fully saturated rings. The van der Waals surface area contributed by atoms with Crippen molar-refractivity contribution in [3.8, 4) is 5.75 Å². The van der Waals surface area contributed by atoms with Crippen molar-refractivity contribution in [3.05, 3.63) is 59.9 Å². The number of amides is 1. The molecule has 2 N–H and O–H groups in total. The molecule has 0 aromatic heterocycles. The zero-order chi connectivity index (χ0) is 22.8. The van der Waals surface area contributed by atoms with Crippen molar-refractivity contribution in [1.82, 2.24) is 14.9 Å². The lowest BCUT2D eigenvalue weighted by Gasteiger charge is -2.26. The number of carbonyl (C=O) groups excluding carboxylic acids is 1. The summed E-state index contributed by atoms with van der Waals surface area (Å²) in [6.45, 7) is 3.63. The van der Waals surface area contributed by atoms with Crippen LogP contribution in [0.3, 0.4) is 0 Å². The van der Waals surface area contributed by atoms with E-state index in [-0.39, 0.29) is 11.4 Å². The summed E-state index contributed by atoms with van der Waals surface area (Å²) < 4.78 is 45.1. The van der Waals surface area contributed by atoms with E-state index >= 15 is 0 Å². The number of piperidine rings is 1. The minimum absolute atomic E-state index is 0.0948. The van der Waals surface area contributed by atoms with Crippen LogP contribution in [-0.4, -0.2) is 52.0 Å². The molecule has 1 aliphatic heterocycles. The molecule has 0 aliphatic carbocycles. The molecule has 3 rings (SSSR count). The zero-order valence-electron chi connectivity index (χ0n) is 18.1. The van der Waals surface area contributed by atoms with Crippen LogP contribution in [0.1, 0.15) is 31.2 Å². The van der Waals surface area contributed by atoms with Crippen LogP contribution >= 0.6 is 0 Å². The molecule has 1 saturated heterocycles. The summed E-state index contributed by atoms with van der Waals surface area (Å²) >= 11 is 0. The van der Waals surface area contributed by atoms with Gasteiger partial charge in [0, 0.05) is 13.1 Å². The van der Waals surface area contributed by atoms with Gasteiger partial charge in [-0.1, -0.05) is 18.6 Å². The van der Waals surface area contributed by atoms with Gasteiger partial charge in [0.05, 0.1) is 18.0 Å². The molecule has 9 heteroatoms. The van der Waals surface area contributed by atoms with Gasteiger partial charge in [-0.05, 0) is 74.3 Å². The molecule has 1 amide bonds. The molecule has 1 aliphatic rings. The van der Waals surface area contributed by atoms with Crippen LogP contribution in [0.2, 0.25) is 0 Å². The number of nitrogens with one attached hydrogen (secondary N) is 2. The van der Waals surface area contributed by atoms with Gasteiger partial charge in [-0.25, -0.2) is 17.5 Å². The lowest BCUT2D eigenvalue weighted by molar-refractivity contribution is -0.119. The van der Waals surface area contributed by atoms with Gasteiger partial charge in [0.15, 0.2) is 0 Å². The monoisotopic (exact) mass is 463 g/mol. The Bertz CT molecular complexity index is 977. The van der Waals surface area contributed by atoms with Gasteiger partial charge in [0.2, 0.25) is 15.9 Å². The molecule has 174 valence electrons. The average Bonchev–Trinajstić information content (AvgIpc) is 2.79. The minimum atomic E-state index is -3.86. The third-order valence-corrected chi connectivity index (χ3v) is 6.63. The standard InChI is InChI=1S/C23H30FN3O4S/c24-20-8-10-22(11-9-20)32(29,30)26-17-23(28)25-12-5-15-31-21-7-4-6-19(16-21)18-27-13-2-1-3-14-27/h4,6-11,16,26H,1-3,5,12-15,17-18H2,(H,25,28). The Labute approximate surface area is 189 Å². The maximum Gasteiger partial charge on any atom is 0.241 e. The molecule has 0 atom stereocenters. The van der Waals surface area contributed by atoms with Crippen LogP contribution in [0.15, 0.2) is 53.4 Å². The van der Waals surface area contributed by atoms with Crippen LogP contribution < -0.4 is 14.8 Å².